The lowest BCUT2D eigenvalue weighted by molar-refractivity contribution is -0.889. The molecule has 2 atom stereocenters. The Morgan fingerprint density at radius 3 is 1.42 bits per heavy atom. The van der Waals surface area contributed by atoms with Gasteiger partial charge in [-0.05, 0) is 83.5 Å². The number of hydrogen-bond acceptors (Lipinski definition) is 7. The van der Waals surface area contributed by atoms with Gasteiger partial charge in [0.05, 0.1) is 40.3 Å². The summed E-state index contributed by atoms with van der Waals surface area (Å²) in [5.41, 5.74) is 0. The first-order valence-electron chi connectivity index (χ1n) is 24.0. The monoisotopic (exact) mass is 840 g/mol. The lowest BCUT2D eigenvalue weighted by atomic mass is 10.1. The highest BCUT2D eigenvalue weighted by atomic mass is 16.6. The third-order valence-electron chi connectivity index (χ3n) is 10.3. The van der Waals surface area contributed by atoms with Crippen LogP contribution < -0.4 is 5.11 Å². The average Bonchev–Trinajstić information content (AvgIpc) is 3.21. The quantitative estimate of drug-likeness (QED) is 0.0261. The van der Waals surface area contributed by atoms with Gasteiger partial charge in [-0.15, -0.1) is 0 Å². The van der Waals surface area contributed by atoms with Gasteiger partial charge >= 0.3 is 11.9 Å². The van der Waals surface area contributed by atoms with E-state index in [-0.39, 0.29) is 42.7 Å². The fourth-order valence-corrected chi connectivity index (χ4v) is 6.62. The van der Waals surface area contributed by atoms with Crippen LogP contribution >= 0.6 is 0 Å². The van der Waals surface area contributed by atoms with Crippen LogP contribution in [0.4, 0.5) is 0 Å². The predicted molar refractivity (Wildman–Crippen MR) is 249 cm³/mol. The predicted octanol–water partition coefficient (Wildman–Crippen LogP) is 12.2. The number of ether oxygens (including phenoxy) is 3. The molecule has 0 aliphatic carbocycles. The Kier molecular flexibility index (Phi) is 40.2. The van der Waals surface area contributed by atoms with Crippen LogP contribution in [0.3, 0.4) is 0 Å². The first kappa shape index (κ1) is 56.8. The zero-order valence-electron chi connectivity index (χ0n) is 39.1. The van der Waals surface area contributed by atoms with Crippen LogP contribution in [0.25, 0.3) is 0 Å². The van der Waals surface area contributed by atoms with Crippen molar-refractivity contribution in [3.63, 3.8) is 0 Å². The standard InChI is InChI=1S/C52H89NO7/c1-6-8-10-12-14-16-18-20-22-24-25-27-28-30-32-34-36-38-40-42-50(54)59-47-48(46-58-45-44-49(52(56)57)53(3,4)5)60-51(55)43-41-39-37-35-33-31-29-26-23-21-19-17-15-13-11-9-7-2/h8,10,14,16,20-23,25,27,30,32,48-49H,6-7,9,11-13,15,17-19,24,26,28-29,31,33-47H2,1-5H3/b10-8+,16-14+,22-20+,23-21+,27-25+,32-30+. The molecule has 344 valence electrons. The van der Waals surface area contributed by atoms with Crippen molar-refractivity contribution in [2.45, 2.75) is 199 Å². The highest BCUT2D eigenvalue weighted by Gasteiger charge is 2.25. The first-order chi connectivity index (χ1) is 29.1. The molecule has 0 rings (SSSR count). The van der Waals surface area contributed by atoms with Crippen LogP contribution in [0.1, 0.15) is 187 Å². The summed E-state index contributed by atoms with van der Waals surface area (Å²) in [6, 6.07) is -0.735. The van der Waals surface area contributed by atoms with Crippen LogP contribution in [0.2, 0.25) is 0 Å². The fourth-order valence-electron chi connectivity index (χ4n) is 6.62. The van der Waals surface area contributed by atoms with Crippen molar-refractivity contribution in [1.82, 2.24) is 0 Å². The van der Waals surface area contributed by atoms with Gasteiger partial charge in [0.25, 0.3) is 0 Å². The molecule has 0 aromatic rings. The highest BCUT2D eigenvalue weighted by molar-refractivity contribution is 5.70. The Balaban J connectivity index is 4.38. The Labute approximate surface area is 368 Å². The number of esters is 2. The second kappa shape index (κ2) is 42.5. The van der Waals surface area contributed by atoms with Gasteiger partial charge in [0, 0.05) is 19.3 Å². The molecule has 0 fully saturated rings. The van der Waals surface area contributed by atoms with Crippen LogP contribution in [-0.2, 0) is 28.6 Å². The number of nitrogens with zero attached hydrogens (tertiary/aromatic N) is 1. The van der Waals surface area contributed by atoms with Gasteiger partial charge in [-0.3, -0.25) is 9.59 Å². The number of unbranched alkanes of at least 4 members (excludes halogenated alkanes) is 16. The summed E-state index contributed by atoms with van der Waals surface area (Å²) in [7, 11) is 5.39. The smallest absolute Gasteiger partial charge is 0.306 e. The Bertz CT molecular complexity index is 1210. The minimum absolute atomic E-state index is 0.0252. The normalized spacial score (nSPS) is 13.6. The van der Waals surface area contributed by atoms with Crippen LogP contribution in [0, 0.1) is 0 Å². The van der Waals surface area contributed by atoms with Gasteiger partial charge in [0.2, 0.25) is 0 Å². The average molecular weight is 840 g/mol. The number of carboxylic acids is 1. The van der Waals surface area contributed by atoms with E-state index in [1.54, 1.807) is 21.1 Å². The van der Waals surface area contributed by atoms with Gasteiger partial charge in [-0.1, -0.05) is 157 Å². The van der Waals surface area contributed by atoms with Crippen LogP contribution in [0.5, 0.6) is 0 Å². The van der Waals surface area contributed by atoms with E-state index in [4.69, 9.17) is 14.2 Å². The molecule has 0 radical (unpaired) electrons. The summed E-state index contributed by atoms with van der Waals surface area (Å²) in [4.78, 5) is 36.9. The third kappa shape index (κ3) is 40.2. The van der Waals surface area contributed by atoms with Crippen molar-refractivity contribution in [2.24, 2.45) is 0 Å². The van der Waals surface area contributed by atoms with E-state index in [2.05, 4.69) is 86.8 Å². The summed E-state index contributed by atoms with van der Waals surface area (Å²) in [5, 5.41) is 11.6. The molecular weight excluding hydrogens is 751 g/mol. The van der Waals surface area contributed by atoms with E-state index < -0.39 is 18.1 Å². The number of carbonyl (C=O) groups excluding carboxylic acids is 3. The van der Waals surface area contributed by atoms with Gasteiger partial charge in [-0.25, -0.2) is 0 Å². The minimum atomic E-state index is -1.13. The molecule has 0 heterocycles. The number of aliphatic carboxylic acids is 1. The summed E-state index contributed by atoms with van der Waals surface area (Å²) < 4.78 is 17.2. The summed E-state index contributed by atoms with van der Waals surface area (Å²) >= 11 is 0. The van der Waals surface area contributed by atoms with Crippen molar-refractivity contribution >= 4 is 17.9 Å². The van der Waals surface area contributed by atoms with E-state index >= 15 is 0 Å². The maximum atomic E-state index is 12.8. The maximum Gasteiger partial charge on any atom is 0.306 e. The molecule has 0 aliphatic heterocycles. The number of quaternary nitrogens is 1. The second-order valence-corrected chi connectivity index (χ2v) is 17.0. The minimum Gasteiger partial charge on any atom is -0.544 e. The molecule has 0 saturated carbocycles. The number of hydrogen-bond donors (Lipinski definition) is 0. The molecular formula is C52H89NO7. The van der Waals surface area contributed by atoms with Crippen molar-refractivity contribution in [3.05, 3.63) is 72.9 Å². The molecule has 0 amide bonds. The molecule has 2 unspecified atom stereocenters. The van der Waals surface area contributed by atoms with E-state index in [1.807, 2.05) is 0 Å². The SMILES string of the molecule is CC/C=C/C/C=C/C/C=C/C/C=C/C/C=C/CCCCCC(=O)OCC(COCCC(C(=O)[O-])[N+](C)(C)C)OC(=O)CCCCCCCCC/C=C/CCCCCCCC. The van der Waals surface area contributed by atoms with Gasteiger partial charge in [0.1, 0.15) is 12.6 Å². The van der Waals surface area contributed by atoms with Crippen molar-refractivity contribution in [1.29, 1.82) is 0 Å². The summed E-state index contributed by atoms with van der Waals surface area (Å²) in [5.74, 6) is -1.79. The zero-order chi connectivity index (χ0) is 44.2. The molecule has 0 saturated heterocycles. The molecule has 8 heteroatoms. The number of rotatable bonds is 42. The molecule has 0 aliphatic rings. The van der Waals surface area contributed by atoms with E-state index in [0.717, 1.165) is 77.0 Å². The Morgan fingerprint density at radius 1 is 0.517 bits per heavy atom. The molecule has 60 heavy (non-hydrogen) atoms. The molecule has 0 bridgehead atoms. The fraction of sp³-hybridized carbons (Fsp3) is 0.712. The van der Waals surface area contributed by atoms with Crippen molar-refractivity contribution in [2.75, 3.05) is 41.0 Å². The lowest BCUT2D eigenvalue weighted by Gasteiger charge is -2.34. The number of carbonyl (C=O) groups is 3. The molecule has 0 aromatic heterocycles. The zero-order valence-corrected chi connectivity index (χ0v) is 39.1. The van der Waals surface area contributed by atoms with Gasteiger partial charge in [-0.2, -0.15) is 0 Å². The van der Waals surface area contributed by atoms with E-state index in [0.29, 0.717) is 12.8 Å². The lowest BCUT2D eigenvalue weighted by Crippen LogP contribution is -2.55. The Morgan fingerprint density at radius 2 is 0.933 bits per heavy atom. The number of allylic oxidation sites excluding steroid dienone is 12. The second-order valence-electron chi connectivity index (χ2n) is 17.0. The molecule has 0 spiro atoms. The maximum absolute atomic E-state index is 12.8. The topological polar surface area (TPSA) is 102 Å². The molecule has 8 nitrogen and oxygen atoms in total. The van der Waals surface area contributed by atoms with Crippen molar-refractivity contribution < 1.29 is 38.2 Å². The van der Waals surface area contributed by atoms with Crippen molar-refractivity contribution in [3.8, 4) is 0 Å². The van der Waals surface area contributed by atoms with E-state index in [9.17, 15) is 19.5 Å². The highest BCUT2D eigenvalue weighted by Crippen LogP contribution is 2.13. The number of likely N-dealkylation sites (N-methyl/N-ethyl adjacent to an activating group) is 1. The first-order valence-corrected chi connectivity index (χ1v) is 24.0. The summed E-state index contributed by atoms with van der Waals surface area (Å²) in [6.45, 7) is 4.50. The largest absolute Gasteiger partial charge is 0.544 e. The molecule has 0 N–H and O–H groups in total. The third-order valence-corrected chi connectivity index (χ3v) is 10.3. The van der Waals surface area contributed by atoms with Crippen LogP contribution in [-0.4, -0.2) is 75.5 Å². The summed E-state index contributed by atoms with van der Waals surface area (Å²) in [6.07, 6.45) is 53.5. The van der Waals surface area contributed by atoms with Crippen LogP contribution in [0.15, 0.2) is 72.9 Å². The van der Waals surface area contributed by atoms with Gasteiger partial charge in [0.15, 0.2) is 6.10 Å². The number of carboxylic acid groups (broad SMARTS) is 1. The van der Waals surface area contributed by atoms with Gasteiger partial charge < -0.3 is 28.6 Å². The Hall–Kier alpha value is -3.23. The van der Waals surface area contributed by atoms with E-state index in [1.165, 1.54) is 77.0 Å². The molecule has 0 aromatic carbocycles.